The highest BCUT2D eigenvalue weighted by atomic mass is 19.2. The van der Waals surface area contributed by atoms with E-state index in [-0.39, 0.29) is 60.1 Å². The van der Waals surface area contributed by atoms with Crippen molar-refractivity contribution in [3.8, 4) is 11.8 Å². The van der Waals surface area contributed by atoms with Gasteiger partial charge >= 0.3 is 18.2 Å². The molecule has 2 fully saturated rings. The summed E-state index contributed by atoms with van der Waals surface area (Å²) >= 11 is 0. The number of nitrogens with one attached hydrogen (secondary N) is 1. The second-order valence-electron chi connectivity index (χ2n) is 13.5. The van der Waals surface area contributed by atoms with Crippen LogP contribution in [-0.4, -0.2) is 64.6 Å². The molecule has 10 nitrogen and oxygen atoms in total. The Balaban J connectivity index is 1.66. The highest BCUT2D eigenvalue weighted by Crippen LogP contribution is 2.38. The maximum atomic E-state index is 15.3. The van der Waals surface area contributed by atoms with E-state index in [9.17, 15) is 23.6 Å². The first kappa shape index (κ1) is 33.7. The van der Waals surface area contributed by atoms with Crippen LogP contribution in [0.25, 0.3) is 10.9 Å². The number of hydrogen-bond donors (Lipinski definition) is 1. The number of pyridine rings is 1. The van der Waals surface area contributed by atoms with E-state index in [1.165, 1.54) is 11.1 Å². The second kappa shape index (κ2) is 13.1. The number of carbonyl (C=O) groups excluding carboxylic acids is 3. The Morgan fingerprint density at radius 2 is 1.73 bits per heavy atom. The third kappa shape index (κ3) is 8.32. The molecule has 2 atom stereocenters. The first-order valence-corrected chi connectivity index (χ1v) is 15.2. The molecule has 0 spiro atoms. The second-order valence-corrected chi connectivity index (χ2v) is 13.5. The number of likely N-dealkylation sites (tertiary alicyclic amines) is 1. The predicted molar refractivity (Wildman–Crippen MR) is 163 cm³/mol. The van der Waals surface area contributed by atoms with Crippen LogP contribution in [-0.2, 0) is 14.2 Å². The number of ether oxygens (including phenoxy) is 3. The van der Waals surface area contributed by atoms with Crippen molar-refractivity contribution < 1.29 is 37.4 Å². The number of amides is 2. The summed E-state index contributed by atoms with van der Waals surface area (Å²) < 4.78 is 47.7. The van der Waals surface area contributed by atoms with E-state index >= 15 is 4.39 Å². The molecule has 1 unspecified atom stereocenters. The van der Waals surface area contributed by atoms with Crippen molar-refractivity contribution in [3.63, 3.8) is 0 Å². The fraction of sp³-hybridized carbons (Fsp3) is 0.576. The van der Waals surface area contributed by atoms with E-state index in [1.54, 1.807) is 53.0 Å². The molecule has 0 bridgehead atoms. The number of esters is 1. The average Bonchev–Trinajstić information content (AvgIpc) is 3.68. The van der Waals surface area contributed by atoms with E-state index in [0.717, 1.165) is 18.9 Å². The molecule has 1 aromatic heterocycles. The number of rotatable bonds is 6. The van der Waals surface area contributed by atoms with E-state index in [0.29, 0.717) is 6.42 Å². The van der Waals surface area contributed by atoms with Crippen LogP contribution in [0, 0.1) is 29.4 Å². The van der Waals surface area contributed by atoms with Crippen LogP contribution in [0.1, 0.15) is 96.1 Å². The van der Waals surface area contributed by atoms with Gasteiger partial charge in [0.05, 0.1) is 23.1 Å². The lowest BCUT2D eigenvalue weighted by Crippen LogP contribution is -2.40. The first-order valence-electron chi connectivity index (χ1n) is 15.2. The number of aromatic nitrogens is 1. The molecule has 1 saturated heterocycles. The quantitative estimate of drug-likeness (QED) is 0.248. The third-order valence-corrected chi connectivity index (χ3v) is 7.26. The Labute approximate surface area is 261 Å². The molecule has 1 aromatic carbocycles. The summed E-state index contributed by atoms with van der Waals surface area (Å²) in [4.78, 5) is 52.6. The molecule has 45 heavy (non-hydrogen) atoms. The van der Waals surface area contributed by atoms with Gasteiger partial charge in [-0.15, -0.1) is 0 Å². The molecule has 2 aliphatic rings. The van der Waals surface area contributed by atoms with Gasteiger partial charge < -0.3 is 29.0 Å². The lowest BCUT2D eigenvalue weighted by atomic mass is 10.0. The Morgan fingerprint density at radius 1 is 1.07 bits per heavy atom. The van der Waals surface area contributed by atoms with Crippen LogP contribution in [0.4, 0.5) is 18.4 Å². The number of fused-ring (bicyclic) bond motifs is 1. The largest absolute Gasteiger partial charge is 0.462 e. The van der Waals surface area contributed by atoms with Gasteiger partial charge in [-0.2, -0.15) is 0 Å². The summed E-state index contributed by atoms with van der Waals surface area (Å²) in [5, 5.41) is 2.57. The van der Waals surface area contributed by atoms with Crippen molar-refractivity contribution in [2.24, 2.45) is 5.92 Å². The molecule has 2 amide bonds. The first-order chi connectivity index (χ1) is 21.0. The lowest BCUT2D eigenvalue weighted by molar-refractivity contribution is 0.0224. The smallest absolute Gasteiger partial charge is 0.410 e. The van der Waals surface area contributed by atoms with Crippen LogP contribution in [0.15, 0.2) is 17.1 Å². The molecular formula is C33H41F2N3O7. The van der Waals surface area contributed by atoms with Crippen LogP contribution in [0.3, 0.4) is 0 Å². The van der Waals surface area contributed by atoms with Crippen molar-refractivity contribution in [2.75, 3.05) is 19.7 Å². The number of benzene rings is 1. The van der Waals surface area contributed by atoms with Crippen LogP contribution in [0.5, 0.6) is 0 Å². The molecule has 244 valence electrons. The zero-order valence-corrected chi connectivity index (χ0v) is 26.8. The Bertz CT molecular complexity index is 1610. The third-order valence-electron chi connectivity index (χ3n) is 7.26. The van der Waals surface area contributed by atoms with Gasteiger partial charge in [-0.1, -0.05) is 11.8 Å². The fourth-order valence-electron chi connectivity index (χ4n) is 5.27. The van der Waals surface area contributed by atoms with Gasteiger partial charge in [0.2, 0.25) is 5.43 Å². The molecule has 2 heterocycles. The molecule has 1 saturated carbocycles. The zero-order valence-electron chi connectivity index (χ0n) is 26.8. The SMILES string of the molecule is CCOC(=O)c1cn(C2CC2)c2c(C#CCC3C[C@@H](CNC(=O)OC(C)(C)C)CN3C(=O)OC(C)(C)C)c(F)c(F)cc2c1=O. The molecular weight excluding hydrogens is 588 g/mol. The Kier molecular flexibility index (Phi) is 9.80. The fourth-order valence-corrected chi connectivity index (χ4v) is 5.27. The van der Waals surface area contributed by atoms with Crippen molar-refractivity contribution in [3.05, 3.63) is 45.2 Å². The monoisotopic (exact) mass is 629 g/mol. The minimum absolute atomic E-state index is 0.0493. The molecule has 12 heteroatoms. The average molecular weight is 630 g/mol. The van der Waals surface area contributed by atoms with Gasteiger partial charge in [0.25, 0.3) is 0 Å². The van der Waals surface area contributed by atoms with Crippen molar-refractivity contribution >= 4 is 29.1 Å². The molecule has 1 aliphatic heterocycles. The summed E-state index contributed by atoms with van der Waals surface area (Å²) in [6.07, 6.45) is 2.24. The molecule has 1 N–H and O–H groups in total. The van der Waals surface area contributed by atoms with Gasteiger partial charge in [0.1, 0.15) is 16.8 Å². The minimum Gasteiger partial charge on any atom is -0.462 e. The van der Waals surface area contributed by atoms with E-state index < -0.39 is 52.5 Å². The molecule has 2 aromatic rings. The minimum atomic E-state index is -1.27. The number of halogens is 2. The summed E-state index contributed by atoms with van der Waals surface area (Å²) in [5.74, 6) is 2.20. The van der Waals surface area contributed by atoms with Gasteiger partial charge in [-0.25, -0.2) is 23.2 Å². The van der Waals surface area contributed by atoms with E-state index in [4.69, 9.17) is 14.2 Å². The van der Waals surface area contributed by atoms with Crippen molar-refractivity contribution in [1.82, 2.24) is 14.8 Å². The van der Waals surface area contributed by atoms with Crippen LogP contribution < -0.4 is 10.7 Å². The van der Waals surface area contributed by atoms with Crippen LogP contribution >= 0.6 is 0 Å². The molecule has 1 aliphatic carbocycles. The highest BCUT2D eigenvalue weighted by Gasteiger charge is 2.37. The summed E-state index contributed by atoms with van der Waals surface area (Å²) in [6, 6.07) is 0.243. The summed E-state index contributed by atoms with van der Waals surface area (Å²) in [7, 11) is 0. The summed E-state index contributed by atoms with van der Waals surface area (Å²) in [6.45, 7) is 12.7. The van der Waals surface area contributed by atoms with E-state index in [1.807, 2.05) is 0 Å². The normalized spacial score (nSPS) is 18.3. The summed E-state index contributed by atoms with van der Waals surface area (Å²) in [5.41, 5.74) is -2.63. The standard InChI is InChI=1S/C33H41F2N3O7/c1-8-43-29(40)24-18-37(20-12-13-20)27-22(26(35)25(34)15-23(27)28(24)39)11-9-10-21-14-19(16-36-30(41)44-32(2,3)4)17-38(21)31(42)45-33(5,6)7/h15,18-21H,8,10,12-14,16-17H2,1-7H3,(H,36,41)/t19-,21?/m0/s1. The maximum Gasteiger partial charge on any atom is 0.410 e. The number of carbonyl (C=O) groups is 3. The Morgan fingerprint density at radius 3 is 2.33 bits per heavy atom. The zero-order chi connectivity index (χ0) is 33.3. The lowest BCUT2D eigenvalue weighted by Gasteiger charge is -2.28. The molecule has 4 rings (SSSR count). The van der Waals surface area contributed by atoms with Gasteiger partial charge in [-0.3, -0.25) is 4.79 Å². The number of hydrogen-bond acceptors (Lipinski definition) is 7. The molecule has 0 radical (unpaired) electrons. The number of nitrogens with zero attached hydrogens (tertiary/aromatic N) is 2. The number of alkyl carbamates (subject to hydrolysis) is 1. The van der Waals surface area contributed by atoms with Crippen molar-refractivity contribution in [1.29, 1.82) is 0 Å². The Hall–Kier alpha value is -4.14. The van der Waals surface area contributed by atoms with Crippen molar-refractivity contribution in [2.45, 2.75) is 97.4 Å². The topological polar surface area (TPSA) is 116 Å². The predicted octanol–water partition coefficient (Wildman–Crippen LogP) is 5.68. The maximum absolute atomic E-state index is 15.3. The van der Waals surface area contributed by atoms with Gasteiger partial charge in [0.15, 0.2) is 11.6 Å². The van der Waals surface area contributed by atoms with Gasteiger partial charge in [0, 0.05) is 37.8 Å². The van der Waals surface area contributed by atoms with Gasteiger partial charge in [-0.05, 0) is 79.7 Å². The van der Waals surface area contributed by atoms with E-state index in [2.05, 4.69) is 17.2 Å². The van der Waals surface area contributed by atoms with Crippen LogP contribution in [0.2, 0.25) is 0 Å². The highest BCUT2D eigenvalue weighted by molar-refractivity contribution is 5.95.